The molecular weight excluding hydrogens is 643 g/mol. The number of hydrogen-bond donors (Lipinski definition) is 2. The third kappa shape index (κ3) is 5.95. The molecule has 40 heavy (non-hydrogen) atoms. The number of nitrogens with zero attached hydrogens (tertiary/aromatic N) is 2. The summed E-state index contributed by atoms with van der Waals surface area (Å²) in [6.07, 6.45) is 3.88. The highest BCUT2D eigenvalue weighted by molar-refractivity contribution is 8.01. The minimum Gasteiger partial charge on any atom is -1.00 e. The second kappa shape index (κ2) is 12.1. The molecule has 5 rings (SSSR count). The Morgan fingerprint density at radius 3 is 2.50 bits per heavy atom. The van der Waals surface area contributed by atoms with Crippen LogP contribution in [0.15, 0.2) is 67.0 Å². The number of benzene rings is 2. The predicted molar refractivity (Wildman–Crippen MR) is 147 cm³/mol. The number of carbonyl (C=O) groups excluding carboxylic acids is 4. The standard InChI is InChI=1S/C29H30N4O5S.HI/c1-29(2)24(33-26(36)23(27(33)39-29)31-22(34)15-18-9-5-4-6-10-18)28(37)38-14-13-30-25(35)21-17-32(3)16-19-11-7-8-12-20(19)21;/h4-12,16-17,23-24,27H,13-15H2,1-3H3,(H-,30,31,34,35);1H/t23-,24?,27-;/m1./s1. The van der Waals surface area contributed by atoms with E-state index in [4.69, 9.17) is 4.74 Å². The van der Waals surface area contributed by atoms with Crippen LogP contribution in [0.5, 0.6) is 0 Å². The Morgan fingerprint density at radius 2 is 1.75 bits per heavy atom. The molecule has 0 radical (unpaired) electrons. The van der Waals surface area contributed by atoms with Crippen molar-refractivity contribution in [2.45, 2.75) is 42.5 Å². The fourth-order valence-corrected chi connectivity index (χ4v) is 6.81. The lowest BCUT2D eigenvalue weighted by Gasteiger charge is -2.44. The summed E-state index contributed by atoms with van der Waals surface area (Å²) in [5.41, 5.74) is 1.39. The lowest BCUT2D eigenvalue weighted by molar-refractivity contribution is -0.670. The normalized spacial score (nSPS) is 20.6. The first-order valence-corrected chi connectivity index (χ1v) is 13.7. The van der Waals surface area contributed by atoms with E-state index in [-0.39, 0.29) is 66.6 Å². The van der Waals surface area contributed by atoms with Gasteiger partial charge in [-0.15, -0.1) is 11.8 Å². The molecule has 1 unspecified atom stereocenters. The lowest BCUT2D eigenvalue weighted by atomic mass is 9.96. The van der Waals surface area contributed by atoms with Crippen molar-refractivity contribution in [1.82, 2.24) is 15.5 Å². The first-order chi connectivity index (χ1) is 18.7. The molecule has 0 saturated carbocycles. The van der Waals surface area contributed by atoms with Crippen LogP contribution in [0.4, 0.5) is 0 Å². The van der Waals surface area contributed by atoms with E-state index in [0.717, 1.165) is 16.3 Å². The number of halogens is 1. The average molecular weight is 675 g/mol. The summed E-state index contributed by atoms with van der Waals surface area (Å²) in [5, 5.41) is 7.09. The van der Waals surface area contributed by atoms with Gasteiger partial charge >= 0.3 is 5.97 Å². The number of carbonyl (C=O) groups is 4. The van der Waals surface area contributed by atoms with Crippen molar-refractivity contribution in [3.63, 3.8) is 0 Å². The highest BCUT2D eigenvalue weighted by Crippen LogP contribution is 2.51. The van der Waals surface area contributed by atoms with Crippen molar-refractivity contribution in [3.8, 4) is 0 Å². The fraction of sp³-hybridized carbons (Fsp3) is 0.345. The van der Waals surface area contributed by atoms with Crippen LogP contribution in [0.2, 0.25) is 0 Å². The monoisotopic (exact) mass is 674 g/mol. The van der Waals surface area contributed by atoms with E-state index in [9.17, 15) is 19.2 Å². The Bertz CT molecular complexity index is 1450. The summed E-state index contributed by atoms with van der Waals surface area (Å²) in [5.74, 6) is -1.32. The van der Waals surface area contributed by atoms with Gasteiger partial charge in [-0.1, -0.05) is 48.5 Å². The molecule has 3 aromatic rings. The number of ether oxygens (including phenoxy) is 1. The van der Waals surface area contributed by atoms with Crippen molar-refractivity contribution in [1.29, 1.82) is 0 Å². The van der Waals surface area contributed by atoms with Crippen molar-refractivity contribution in [2.24, 2.45) is 7.05 Å². The molecule has 0 aliphatic carbocycles. The SMILES string of the molecule is C[n+]1cc(C(=O)NCCOC(=O)C2N3C(=O)[C@@H](NC(=O)Cc4ccccc4)[C@H]3SC2(C)C)c2ccccc2c1.[I-]. The lowest BCUT2D eigenvalue weighted by Crippen LogP contribution is -3.00. The zero-order chi connectivity index (χ0) is 27.7. The maximum absolute atomic E-state index is 13.1. The van der Waals surface area contributed by atoms with Gasteiger partial charge in [0.2, 0.25) is 11.8 Å². The van der Waals surface area contributed by atoms with Gasteiger partial charge < -0.3 is 44.2 Å². The largest absolute Gasteiger partial charge is 1.00 e. The fourth-order valence-electron chi connectivity index (χ4n) is 5.19. The summed E-state index contributed by atoms with van der Waals surface area (Å²) in [7, 11) is 1.86. The van der Waals surface area contributed by atoms with E-state index in [1.54, 1.807) is 6.20 Å². The molecule has 11 heteroatoms. The summed E-state index contributed by atoms with van der Waals surface area (Å²) in [4.78, 5) is 52.9. The van der Waals surface area contributed by atoms with Crippen LogP contribution in [0.3, 0.4) is 0 Å². The molecule has 2 aliphatic heterocycles. The number of amides is 3. The Hall–Kier alpha value is -3.19. The second-order valence-electron chi connectivity index (χ2n) is 10.3. The Kier molecular flexibility index (Phi) is 9.03. The molecular formula is C29H31IN4O5S. The van der Waals surface area contributed by atoms with Crippen molar-refractivity contribution >= 4 is 46.2 Å². The summed E-state index contributed by atoms with van der Waals surface area (Å²) < 4.78 is 6.73. The van der Waals surface area contributed by atoms with Gasteiger partial charge in [0.25, 0.3) is 5.91 Å². The third-order valence-corrected chi connectivity index (χ3v) is 8.56. The number of β-lactam (4-membered cyclic amide) rings is 1. The van der Waals surface area contributed by atoms with Gasteiger partial charge in [-0.25, -0.2) is 9.36 Å². The zero-order valence-electron chi connectivity index (χ0n) is 22.4. The molecule has 2 saturated heterocycles. The highest BCUT2D eigenvalue weighted by Gasteiger charge is 2.64. The number of hydrogen-bond acceptors (Lipinski definition) is 6. The van der Waals surface area contributed by atoms with Crippen molar-refractivity contribution in [3.05, 3.63) is 78.1 Å². The smallest absolute Gasteiger partial charge is 0.330 e. The minimum atomic E-state index is -0.782. The molecule has 0 spiro atoms. The van der Waals surface area contributed by atoms with E-state index < -0.39 is 22.8 Å². The Balaban J connectivity index is 0.00000370. The van der Waals surface area contributed by atoms with E-state index >= 15 is 0 Å². The van der Waals surface area contributed by atoms with Gasteiger partial charge in [0, 0.05) is 15.5 Å². The molecule has 3 atom stereocenters. The second-order valence-corrected chi connectivity index (χ2v) is 12.1. The third-order valence-electron chi connectivity index (χ3n) is 6.99. The first kappa shape index (κ1) is 29.8. The van der Waals surface area contributed by atoms with E-state index in [0.29, 0.717) is 5.56 Å². The molecule has 210 valence electrons. The first-order valence-electron chi connectivity index (χ1n) is 12.8. The zero-order valence-corrected chi connectivity index (χ0v) is 25.4. The molecule has 1 aromatic heterocycles. The molecule has 3 amide bonds. The van der Waals surface area contributed by atoms with E-state index in [1.165, 1.54) is 16.7 Å². The Morgan fingerprint density at radius 1 is 1.05 bits per heavy atom. The van der Waals surface area contributed by atoms with Gasteiger partial charge in [0.1, 0.15) is 36.7 Å². The topological polar surface area (TPSA) is 109 Å². The van der Waals surface area contributed by atoms with Gasteiger partial charge in [-0.3, -0.25) is 14.4 Å². The average Bonchev–Trinajstić information content (AvgIpc) is 3.17. The summed E-state index contributed by atoms with van der Waals surface area (Å²) >= 11 is 1.48. The number of nitrogens with one attached hydrogen (secondary N) is 2. The van der Waals surface area contributed by atoms with Crippen LogP contribution in [0.1, 0.15) is 29.8 Å². The molecule has 2 aliphatic rings. The van der Waals surface area contributed by atoms with Crippen LogP contribution in [-0.4, -0.2) is 63.9 Å². The number of rotatable bonds is 8. The number of aryl methyl sites for hydroxylation is 1. The molecule has 0 bridgehead atoms. The molecule has 2 aromatic carbocycles. The molecule has 3 heterocycles. The number of thioether (sulfide) groups is 1. The van der Waals surface area contributed by atoms with Crippen LogP contribution < -0.4 is 39.2 Å². The van der Waals surface area contributed by atoms with E-state index in [1.807, 2.05) is 86.3 Å². The number of esters is 1. The Labute approximate surface area is 254 Å². The van der Waals surface area contributed by atoms with E-state index in [2.05, 4.69) is 10.6 Å². The summed E-state index contributed by atoms with van der Waals surface area (Å²) in [6, 6.07) is 15.5. The maximum Gasteiger partial charge on any atom is 0.330 e. The van der Waals surface area contributed by atoms with Gasteiger partial charge in [0.15, 0.2) is 12.4 Å². The van der Waals surface area contributed by atoms with Crippen molar-refractivity contribution in [2.75, 3.05) is 13.2 Å². The van der Waals surface area contributed by atoms with Crippen LogP contribution in [-0.2, 0) is 32.6 Å². The predicted octanol–water partition coefficient (Wildman–Crippen LogP) is -1.27. The van der Waals surface area contributed by atoms with Gasteiger partial charge in [-0.05, 0) is 25.5 Å². The number of fused-ring (bicyclic) bond motifs is 2. The quantitative estimate of drug-likeness (QED) is 0.102. The minimum absolute atomic E-state index is 0. The van der Waals surface area contributed by atoms with Gasteiger partial charge in [0.05, 0.1) is 13.0 Å². The molecule has 9 nitrogen and oxygen atoms in total. The molecule has 2 fully saturated rings. The number of aromatic nitrogens is 1. The van der Waals surface area contributed by atoms with Crippen molar-refractivity contribution < 1.29 is 52.5 Å². The molecule has 2 N–H and O–H groups in total. The van der Waals surface area contributed by atoms with Gasteiger partial charge in [-0.2, -0.15) is 0 Å². The number of pyridine rings is 1. The summed E-state index contributed by atoms with van der Waals surface area (Å²) in [6.45, 7) is 3.89. The van der Waals surface area contributed by atoms with Crippen LogP contribution in [0.25, 0.3) is 10.8 Å². The highest BCUT2D eigenvalue weighted by atomic mass is 127. The van der Waals surface area contributed by atoms with Crippen LogP contribution in [0, 0.1) is 0 Å². The maximum atomic E-state index is 13.1. The van der Waals surface area contributed by atoms with Crippen LogP contribution >= 0.6 is 11.8 Å².